The topological polar surface area (TPSA) is 101 Å². The fourth-order valence-corrected chi connectivity index (χ4v) is 3.11. The Morgan fingerprint density at radius 2 is 1.58 bits per heavy atom. The van der Waals surface area contributed by atoms with Gasteiger partial charge in [0.2, 0.25) is 0 Å². The van der Waals surface area contributed by atoms with Gasteiger partial charge >= 0.3 is 0 Å². The van der Waals surface area contributed by atoms with Crippen LogP contribution in [0.15, 0.2) is 36.4 Å². The van der Waals surface area contributed by atoms with Crippen molar-refractivity contribution in [1.29, 1.82) is 0 Å². The Kier molecular flexibility index (Phi) is 4.36. The molecule has 126 valence electrons. The highest BCUT2D eigenvalue weighted by Gasteiger charge is 2.23. The van der Waals surface area contributed by atoms with E-state index in [0.717, 1.165) is 11.1 Å². The van der Waals surface area contributed by atoms with Crippen molar-refractivity contribution in [2.24, 2.45) is 0 Å². The highest BCUT2D eigenvalue weighted by atomic mass is 16.3. The van der Waals surface area contributed by atoms with Gasteiger partial charge in [-0.15, -0.1) is 0 Å². The van der Waals surface area contributed by atoms with Crippen molar-refractivity contribution in [2.45, 2.75) is 31.3 Å². The summed E-state index contributed by atoms with van der Waals surface area (Å²) in [6, 6.07) is 7.64. The van der Waals surface area contributed by atoms with Gasteiger partial charge in [-0.05, 0) is 60.2 Å². The highest BCUT2D eigenvalue weighted by molar-refractivity contribution is 5.57. The fourth-order valence-electron chi connectivity index (χ4n) is 3.11. The van der Waals surface area contributed by atoms with E-state index in [4.69, 9.17) is 0 Å². The van der Waals surface area contributed by atoms with E-state index in [-0.39, 0.29) is 28.9 Å². The lowest BCUT2D eigenvalue weighted by atomic mass is 9.91. The molecule has 1 aliphatic carbocycles. The van der Waals surface area contributed by atoms with Gasteiger partial charge in [0.1, 0.15) is 0 Å². The zero-order valence-electron chi connectivity index (χ0n) is 13.1. The van der Waals surface area contributed by atoms with Crippen LogP contribution in [0.1, 0.15) is 35.4 Å². The average molecular weight is 328 g/mol. The lowest BCUT2D eigenvalue weighted by Crippen LogP contribution is -2.08. The zero-order chi connectivity index (χ0) is 17.3. The van der Waals surface area contributed by atoms with Crippen molar-refractivity contribution in [3.05, 3.63) is 53.1 Å². The number of rotatable bonds is 2. The Balaban J connectivity index is 1.95. The van der Waals surface area contributed by atoms with Gasteiger partial charge in [-0.3, -0.25) is 0 Å². The second-order valence-corrected chi connectivity index (χ2v) is 6.18. The van der Waals surface area contributed by atoms with Crippen LogP contribution in [-0.4, -0.2) is 31.6 Å². The molecule has 3 rings (SSSR count). The van der Waals surface area contributed by atoms with Crippen LogP contribution in [0.3, 0.4) is 0 Å². The van der Waals surface area contributed by atoms with E-state index >= 15 is 0 Å². The number of phenols is 4. The molecule has 0 aliphatic heterocycles. The number of allylic oxidation sites excluding steroid dienone is 1. The van der Waals surface area contributed by atoms with Crippen LogP contribution in [0.2, 0.25) is 0 Å². The molecule has 5 nitrogen and oxygen atoms in total. The predicted molar refractivity (Wildman–Crippen MR) is 90.3 cm³/mol. The minimum atomic E-state index is -0.468. The zero-order valence-corrected chi connectivity index (χ0v) is 13.1. The maximum atomic E-state index is 10.1. The molecule has 2 aromatic carbocycles. The van der Waals surface area contributed by atoms with Gasteiger partial charge in [-0.25, -0.2) is 0 Å². The number of hydrogen-bond acceptors (Lipinski definition) is 5. The van der Waals surface area contributed by atoms with Crippen molar-refractivity contribution in [3.63, 3.8) is 0 Å². The van der Waals surface area contributed by atoms with Crippen molar-refractivity contribution >= 4 is 6.08 Å². The van der Waals surface area contributed by atoms with Gasteiger partial charge in [-0.1, -0.05) is 18.2 Å². The molecule has 0 saturated heterocycles. The largest absolute Gasteiger partial charge is 0.504 e. The SMILES string of the molecule is Oc1ccc(/C=C/[C@@H]2C[C@@H](O)CCc3cc(O)c(O)cc32)cc1O. The second-order valence-electron chi connectivity index (χ2n) is 6.18. The molecule has 24 heavy (non-hydrogen) atoms. The maximum Gasteiger partial charge on any atom is 0.157 e. The molecule has 0 spiro atoms. The van der Waals surface area contributed by atoms with Crippen molar-refractivity contribution < 1.29 is 25.5 Å². The van der Waals surface area contributed by atoms with Crippen molar-refractivity contribution in [3.8, 4) is 23.0 Å². The molecule has 2 atom stereocenters. The van der Waals surface area contributed by atoms with Crippen LogP contribution in [0.25, 0.3) is 6.08 Å². The van der Waals surface area contributed by atoms with Crippen LogP contribution in [-0.2, 0) is 6.42 Å². The Hall–Kier alpha value is -2.66. The number of benzene rings is 2. The van der Waals surface area contributed by atoms with Gasteiger partial charge in [-0.2, -0.15) is 0 Å². The fraction of sp³-hybridized carbons (Fsp3) is 0.263. The summed E-state index contributed by atoms with van der Waals surface area (Å²) >= 11 is 0. The molecule has 0 aromatic heterocycles. The van der Waals surface area contributed by atoms with E-state index in [1.54, 1.807) is 24.3 Å². The van der Waals surface area contributed by atoms with E-state index < -0.39 is 6.10 Å². The van der Waals surface area contributed by atoms with Gasteiger partial charge in [0.15, 0.2) is 23.0 Å². The normalized spacial score (nSPS) is 20.7. The first kappa shape index (κ1) is 16.2. The van der Waals surface area contributed by atoms with Crippen molar-refractivity contribution in [1.82, 2.24) is 0 Å². The van der Waals surface area contributed by atoms with Gasteiger partial charge in [0, 0.05) is 5.92 Å². The van der Waals surface area contributed by atoms with E-state index in [1.165, 1.54) is 12.1 Å². The minimum Gasteiger partial charge on any atom is -0.504 e. The number of aromatic hydroxyl groups is 4. The molecule has 0 saturated carbocycles. The van der Waals surface area contributed by atoms with Crippen LogP contribution < -0.4 is 0 Å². The van der Waals surface area contributed by atoms with Gasteiger partial charge in [0.25, 0.3) is 0 Å². The molecule has 2 aromatic rings. The van der Waals surface area contributed by atoms with Crippen LogP contribution in [0, 0.1) is 0 Å². The lowest BCUT2D eigenvalue weighted by Gasteiger charge is -2.16. The third-order valence-corrected chi connectivity index (χ3v) is 4.43. The lowest BCUT2D eigenvalue weighted by molar-refractivity contribution is 0.154. The predicted octanol–water partition coefficient (Wildman–Crippen LogP) is 3.00. The van der Waals surface area contributed by atoms with Crippen LogP contribution >= 0.6 is 0 Å². The summed E-state index contributed by atoms with van der Waals surface area (Å²) in [6.45, 7) is 0. The Morgan fingerprint density at radius 1 is 0.875 bits per heavy atom. The third-order valence-electron chi connectivity index (χ3n) is 4.43. The molecular weight excluding hydrogens is 308 g/mol. The minimum absolute atomic E-state index is 0.125. The first-order chi connectivity index (χ1) is 11.4. The maximum absolute atomic E-state index is 10.1. The van der Waals surface area contributed by atoms with Crippen molar-refractivity contribution in [2.75, 3.05) is 0 Å². The van der Waals surface area contributed by atoms with E-state index in [9.17, 15) is 25.5 Å². The Labute approximate surface area is 139 Å². The summed E-state index contributed by atoms with van der Waals surface area (Å²) in [5, 5.41) is 48.5. The molecule has 0 unspecified atom stereocenters. The molecule has 1 aliphatic rings. The summed E-state index contributed by atoms with van der Waals surface area (Å²) in [4.78, 5) is 0. The van der Waals surface area contributed by atoms with Crippen LogP contribution in [0.4, 0.5) is 0 Å². The molecular formula is C19H20O5. The first-order valence-corrected chi connectivity index (χ1v) is 7.87. The summed E-state index contributed by atoms with van der Waals surface area (Å²) in [5.41, 5.74) is 2.50. The molecule has 5 heteroatoms. The first-order valence-electron chi connectivity index (χ1n) is 7.87. The molecule has 0 heterocycles. The number of aliphatic hydroxyl groups excluding tert-OH is 1. The summed E-state index contributed by atoms with van der Waals surface area (Å²) in [5.74, 6) is -0.828. The van der Waals surface area contributed by atoms with Gasteiger partial charge < -0.3 is 25.5 Å². The summed E-state index contributed by atoms with van der Waals surface area (Å²) in [7, 11) is 0. The molecule has 0 bridgehead atoms. The summed E-state index contributed by atoms with van der Waals surface area (Å²) < 4.78 is 0. The Morgan fingerprint density at radius 3 is 2.33 bits per heavy atom. The number of fused-ring (bicyclic) bond motifs is 1. The third kappa shape index (κ3) is 3.31. The van der Waals surface area contributed by atoms with E-state index in [0.29, 0.717) is 24.8 Å². The average Bonchev–Trinajstić information content (AvgIpc) is 2.69. The number of aliphatic hydroxyl groups is 1. The number of phenolic OH excluding ortho intramolecular Hbond substituents is 4. The van der Waals surface area contributed by atoms with E-state index in [2.05, 4.69) is 0 Å². The van der Waals surface area contributed by atoms with Gasteiger partial charge in [0.05, 0.1) is 6.10 Å². The molecule has 5 N–H and O–H groups in total. The quantitative estimate of drug-likeness (QED) is 0.431. The monoisotopic (exact) mass is 328 g/mol. The standard InChI is InChI=1S/C19H20O5/c20-14-5-4-13-9-18(23)19(24)10-15(13)12(8-14)3-1-11-2-6-16(21)17(22)7-11/h1-3,6-7,9-10,12,14,20-24H,4-5,8H2/b3-1+/t12-,14+/m1/s1. The highest BCUT2D eigenvalue weighted by Crippen LogP contribution is 2.38. The Bertz CT molecular complexity index is 782. The molecule has 0 fully saturated rings. The van der Waals surface area contributed by atoms with Crippen LogP contribution in [0.5, 0.6) is 23.0 Å². The molecule has 0 amide bonds. The van der Waals surface area contributed by atoms with E-state index in [1.807, 2.05) is 6.08 Å². The number of aryl methyl sites for hydroxylation is 1. The summed E-state index contributed by atoms with van der Waals surface area (Å²) in [6.07, 6.45) is 4.98. The smallest absolute Gasteiger partial charge is 0.157 e. The number of hydrogen-bond donors (Lipinski definition) is 5. The second kappa shape index (κ2) is 6.45. The molecule has 0 radical (unpaired) electrons.